The first kappa shape index (κ1) is 30.5. The SMILES string of the molecule is CC1CN(C(=O)CCCCCC(F)(F)c2nc(N3CCCC3)c3oc4ccccc4c3n2)CCC1(C)c1cc(Cl)c[nH]c1=O. The van der Waals surface area contributed by atoms with Gasteiger partial charge in [0.05, 0.1) is 5.02 Å². The molecule has 4 aromatic rings. The van der Waals surface area contributed by atoms with Gasteiger partial charge in [-0.05, 0) is 56.2 Å². The third-order valence-electron chi connectivity index (χ3n) is 9.63. The number of nitrogens with one attached hydrogen (secondary N) is 1. The van der Waals surface area contributed by atoms with Crippen molar-refractivity contribution in [3.63, 3.8) is 0 Å². The monoisotopic (exact) mass is 625 g/mol. The number of hydrogen-bond acceptors (Lipinski definition) is 6. The molecule has 1 N–H and O–H groups in total. The number of benzene rings is 1. The van der Waals surface area contributed by atoms with Crippen LogP contribution >= 0.6 is 11.6 Å². The first-order valence-electron chi connectivity index (χ1n) is 15.6. The van der Waals surface area contributed by atoms with E-state index in [0.29, 0.717) is 77.2 Å². The molecule has 2 saturated heterocycles. The molecule has 234 valence electrons. The van der Waals surface area contributed by atoms with Gasteiger partial charge >= 0.3 is 5.92 Å². The van der Waals surface area contributed by atoms with E-state index in [1.165, 1.54) is 6.20 Å². The standard InChI is InChI=1S/C33H38ClF2N5O3/c1-21-20-41(17-14-32(21,2)24-18-22(34)19-37-30(24)43)26(42)12-4-3-7-13-33(35,36)31-38-27-23-10-5-6-11-25(23)44-28(27)29(39-31)40-15-8-9-16-40/h5-6,10-11,18-19,21H,3-4,7-9,12-17,20H2,1-2H3,(H,37,43). The number of unbranched alkanes of at least 4 members (excludes halogenated alkanes) is 2. The number of H-pyrrole nitrogens is 1. The van der Waals surface area contributed by atoms with Crippen LogP contribution in [0.15, 0.2) is 45.7 Å². The van der Waals surface area contributed by atoms with Crippen LogP contribution in [0.5, 0.6) is 0 Å². The van der Waals surface area contributed by atoms with Gasteiger partial charge in [0, 0.05) is 61.6 Å². The van der Waals surface area contributed by atoms with Gasteiger partial charge in [0.25, 0.3) is 5.56 Å². The lowest BCUT2D eigenvalue weighted by molar-refractivity contribution is -0.134. The summed E-state index contributed by atoms with van der Waals surface area (Å²) >= 11 is 6.15. The molecule has 0 saturated carbocycles. The number of amides is 1. The summed E-state index contributed by atoms with van der Waals surface area (Å²) in [6, 6.07) is 9.06. The van der Waals surface area contributed by atoms with Crippen molar-refractivity contribution < 1.29 is 18.0 Å². The molecule has 2 aliphatic rings. The highest BCUT2D eigenvalue weighted by molar-refractivity contribution is 6.30. The van der Waals surface area contributed by atoms with Crippen molar-refractivity contribution in [1.82, 2.24) is 19.9 Å². The molecular formula is C33H38ClF2N5O3. The quantitative estimate of drug-likeness (QED) is 0.198. The van der Waals surface area contributed by atoms with Crippen molar-refractivity contribution >= 4 is 45.4 Å². The van der Waals surface area contributed by atoms with E-state index in [1.807, 2.05) is 47.9 Å². The molecule has 2 unspecified atom stereocenters. The Bertz CT molecular complexity index is 1730. The molecule has 2 atom stereocenters. The lowest BCUT2D eigenvalue weighted by Gasteiger charge is -2.44. The van der Waals surface area contributed by atoms with E-state index in [-0.39, 0.29) is 23.8 Å². The zero-order chi connectivity index (χ0) is 31.1. The minimum atomic E-state index is -3.21. The number of nitrogens with zero attached hydrogens (tertiary/aromatic N) is 4. The van der Waals surface area contributed by atoms with Gasteiger partial charge in [-0.15, -0.1) is 0 Å². The van der Waals surface area contributed by atoms with Gasteiger partial charge in [0.15, 0.2) is 11.4 Å². The van der Waals surface area contributed by atoms with E-state index >= 15 is 8.78 Å². The fourth-order valence-electron chi connectivity index (χ4n) is 6.70. The fraction of sp³-hybridized carbons (Fsp3) is 0.515. The number of piperidine rings is 1. The van der Waals surface area contributed by atoms with Gasteiger partial charge in [-0.25, -0.2) is 9.97 Å². The van der Waals surface area contributed by atoms with Crippen LogP contribution in [0.1, 0.15) is 76.6 Å². The van der Waals surface area contributed by atoms with Gasteiger partial charge in [-0.1, -0.05) is 44.0 Å². The van der Waals surface area contributed by atoms with Crippen LogP contribution in [0.2, 0.25) is 5.02 Å². The first-order valence-corrected chi connectivity index (χ1v) is 15.9. The lowest BCUT2D eigenvalue weighted by Crippen LogP contribution is -2.51. The molecule has 0 aliphatic carbocycles. The summed E-state index contributed by atoms with van der Waals surface area (Å²) in [5, 5.41) is 1.18. The van der Waals surface area contributed by atoms with E-state index in [0.717, 1.165) is 25.9 Å². The zero-order valence-corrected chi connectivity index (χ0v) is 25.9. The summed E-state index contributed by atoms with van der Waals surface area (Å²) in [5.74, 6) is -3.18. The second kappa shape index (κ2) is 12.1. The number of rotatable bonds is 9. The smallest absolute Gasteiger partial charge is 0.306 e. The number of fused-ring (bicyclic) bond motifs is 3. The number of alkyl halides is 2. The fourth-order valence-corrected chi connectivity index (χ4v) is 6.86. The Balaban J connectivity index is 1.06. The predicted octanol–water partition coefficient (Wildman–Crippen LogP) is 7.19. The van der Waals surface area contributed by atoms with Crippen molar-refractivity contribution in [3.05, 3.63) is 63.3 Å². The molecule has 0 spiro atoms. The zero-order valence-electron chi connectivity index (χ0n) is 25.2. The molecule has 8 nitrogen and oxygen atoms in total. The molecule has 1 amide bonds. The molecule has 5 heterocycles. The van der Waals surface area contributed by atoms with Gasteiger partial charge in [-0.3, -0.25) is 9.59 Å². The highest BCUT2D eigenvalue weighted by atomic mass is 35.5. The number of carbonyl (C=O) groups is 1. The minimum Gasteiger partial charge on any atom is -0.450 e. The highest BCUT2D eigenvalue weighted by Gasteiger charge is 2.41. The minimum absolute atomic E-state index is 0.0153. The predicted molar refractivity (Wildman–Crippen MR) is 168 cm³/mol. The van der Waals surface area contributed by atoms with Crippen molar-refractivity contribution in [2.45, 2.75) is 76.6 Å². The third kappa shape index (κ3) is 5.80. The Labute approximate surface area is 259 Å². The largest absolute Gasteiger partial charge is 0.450 e. The summed E-state index contributed by atoms with van der Waals surface area (Å²) in [7, 11) is 0. The number of halogens is 3. The molecule has 1 aromatic carbocycles. The third-order valence-corrected chi connectivity index (χ3v) is 9.85. The van der Waals surface area contributed by atoms with Crippen LogP contribution in [0, 0.1) is 5.92 Å². The van der Waals surface area contributed by atoms with Crippen molar-refractivity contribution in [2.75, 3.05) is 31.1 Å². The number of aromatic amines is 1. The molecule has 2 fully saturated rings. The summed E-state index contributed by atoms with van der Waals surface area (Å²) in [6.45, 7) is 6.65. The van der Waals surface area contributed by atoms with Crippen molar-refractivity contribution in [2.24, 2.45) is 5.92 Å². The van der Waals surface area contributed by atoms with E-state index in [2.05, 4.69) is 15.0 Å². The van der Waals surface area contributed by atoms with Gasteiger partial charge in [0.2, 0.25) is 11.7 Å². The summed E-state index contributed by atoms with van der Waals surface area (Å²) < 4.78 is 37.2. The van der Waals surface area contributed by atoms with Crippen molar-refractivity contribution in [3.8, 4) is 0 Å². The number of anilines is 1. The second-order valence-electron chi connectivity index (χ2n) is 12.6. The number of furan rings is 1. The van der Waals surface area contributed by atoms with Crippen LogP contribution in [-0.2, 0) is 16.1 Å². The number of pyridine rings is 1. The number of carbonyl (C=O) groups excluding carboxylic acids is 1. The maximum atomic E-state index is 15.6. The Morgan fingerprint density at radius 2 is 1.93 bits per heavy atom. The summed E-state index contributed by atoms with van der Waals surface area (Å²) in [4.78, 5) is 40.8. The Morgan fingerprint density at radius 3 is 2.70 bits per heavy atom. The van der Waals surface area contributed by atoms with Crippen LogP contribution < -0.4 is 10.5 Å². The summed E-state index contributed by atoms with van der Waals surface area (Å²) in [5.41, 5.74) is 1.57. The van der Waals surface area contributed by atoms with Crippen LogP contribution in [0.3, 0.4) is 0 Å². The van der Waals surface area contributed by atoms with Crippen LogP contribution in [0.4, 0.5) is 14.6 Å². The topological polar surface area (TPSA) is 95.3 Å². The normalized spacial score (nSPS) is 21.1. The van der Waals surface area contributed by atoms with Gasteiger partial charge in [-0.2, -0.15) is 8.78 Å². The average Bonchev–Trinajstić information content (AvgIpc) is 3.67. The second-order valence-corrected chi connectivity index (χ2v) is 13.0. The van der Waals surface area contributed by atoms with Gasteiger partial charge < -0.3 is 19.2 Å². The number of aromatic nitrogens is 3. The summed E-state index contributed by atoms with van der Waals surface area (Å²) in [6.07, 6.45) is 5.26. The van der Waals surface area contributed by atoms with Crippen LogP contribution in [0.25, 0.3) is 22.1 Å². The maximum absolute atomic E-state index is 15.6. The van der Waals surface area contributed by atoms with Crippen LogP contribution in [-0.4, -0.2) is 51.9 Å². The number of likely N-dealkylation sites (tertiary alicyclic amines) is 1. The average molecular weight is 626 g/mol. The van der Waals surface area contributed by atoms with Gasteiger partial charge in [0.1, 0.15) is 11.1 Å². The molecule has 6 rings (SSSR count). The molecule has 2 aliphatic heterocycles. The number of hydrogen-bond donors (Lipinski definition) is 1. The van der Waals surface area contributed by atoms with Crippen molar-refractivity contribution in [1.29, 1.82) is 0 Å². The Morgan fingerprint density at radius 1 is 1.16 bits per heavy atom. The molecular weight excluding hydrogens is 588 g/mol. The Hall–Kier alpha value is -3.53. The number of para-hydroxylation sites is 1. The first-order chi connectivity index (χ1) is 21.1. The highest BCUT2D eigenvalue weighted by Crippen LogP contribution is 2.40. The molecule has 3 aromatic heterocycles. The molecule has 11 heteroatoms. The van der Waals surface area contributed by atoms with E-state index in [1.54, 1.807) is 6.07 Å². The molecule has 0 radical (unpaired) electrons. The molecule has 0 bridgehead atoms. The Kier molecular flexibility index (Phi) is 8.39. The van der Waals surface area contributed by atoms with E-state index in [4.69, 9.17) is 16.0 Å². The molecule has 44 heavy (non-hydrogen) atoms. The maximum Gasteiger partial charge on any atom is 0.306 e. The van der Waals surface area contributed by atoms with E-state index in [9.17, 15) is 9.59 Å². The lowest BCUT2D eigenvalue weighted by atomic mass is 9.68. The van der Waals surface area contributed by atoms with E-state index < -0.39 is 23.6 Å².